The lowest BCUT2D eigenvalue weighted by Crippen LogP contribution is -1.91. The van der Waals surface area contributed by atoms with Gasteiger partial charge in [-0.15, -0.1) is 0 Å². The van der Waals surface area contributed by atoms with Crippen LogP contribution in [0.4, 0.5) is 0 Å². The number of hydrogen-bond acceptors (Lipinski definition) is 2. The van der Waals surface area contributed by atoms with Gasteiger partial charge in [0, 0.05) is 0 Å². The predicted octanol–water partition coefficient (Wildman–Crippen LogP) is 11.5. The molecule has 0 radical (unpaired) electrons. The summed E-state index contributed by atoms with van der Waals surface area (Å²) in [6.07, 6.45) is 0. The highest BCUT2D eigenvalue weighted by atomic mass is 16.5. The smallest absolute Gasteiger partial charge is 0.127 e. The van der Waals surface area contributed by atoms with E-state index in [4.69, 9.17) is 9.47 Å². The monoisotopic (exact) mass is 542 g/mol. The Bertz CT molecular complexity index is 2000. The third kappa shape index (κ3) is 5.11. The first-order chi connectivity index (χ1) is 20.6. The molecule has 0 aliphatic rings. The largest absolute Gasteiger partial charge is 0.457 e. The van der Waals surface area contributed by atoms with Crippen molar-refractivity contribution in [2.45, 2.75) is 13.8 Å². The highest BCUT2D eigenvalue weighted by Gasteiger charge is 2.14. The molecule has 0 bridgehead atoms. The van der Waals surface area contributed by atoms with E-state index in [1.54, 1.807) is 0 Å². The van der Waals surface area contributed by atoms with Gasteiger partial charge in [0.2, 0.25) is 0 Å². The highest BCUT2D eigenvalue weighted by molar-refractivity contribution is 6.14. The first-order valence-electron chi connectivity index (χ1n) is 14.3. The summed E-state index contributed by atoms with van der Waals surface area (Å²) >= 11 is 0. The van der Waals surface area contributed by atoms with Crippen molar-refractivity contribution in [2.24, 2.45) is 0 Å². The van der Waals surface area contributed by atoms with E-state index in [2.05, 4.69) is 123 Å². The van der Waals surface area contributed by atoms with Gasteiger partial charge in [-0.05, 0) is 106 Å². The number of rotatable bonds is 6. The van der Waals surface area contributed by atoms with Crippen molar-refractivity contribution >= 4 is 21.5 Å². The van der Waals surface area contributed by atoms with Gasteiger partial charge in [-0.1, -0.05) is 108 Å². The number of fused-ring (bicyclic) bond motifs is 3. The molecule has 0 spiro atoms. The molecule has 202 valence electrons. The van der Waals surface area contributed by atoms with Crippen LogP contribution in [-0.2, 0) is 0 Å². The normalized spacial score (nSPS) is 11.1. The summed E-state index contributed by atoms with van der Waals surface area (Å²) in [5.41, 5.74) is 7.07. The Morgan fingerprint density at radius 1 is 0.357 bits per heavy atom. The van der Waals surface area contributed by atoms with E-state index in [1.807, 2.05) is 36.4 Å². The van der Waals surface area contributed by atoms with Crippen molar-refractivity contribution in [2.75, 3.05) is 0 Å². The molecule has 0 saturated heterocycles. The standard InChI is InChI=1S/C40H30O2/c1-27-7-16-32(17-8-27)41-34-20-11-30(12-21-34)37-25-26-38-36-6-4-3-5-29(36)15-24-39(38)40(37)31-13-22-35(23-14-31)42-33-18-9-28(2)10-19-33/h3-26H,1-2H3. The molecule has 42 heavy (non-hydrogen) atoms. The first kappa shape index (κ1) is 25.6. The summed E-state index contributed by atoms with van der Waals surface area (Å²) in [5.74, 6) is 3.29. The van der Waals surface area contributed by atoms with Crippen LogP contribution in [0, 0.1) is 13.8 Å². The Morgan fingerprint density at radius 3 is 1.40 bits per heavy atom. The molecule has 0 N–H and O–H groups in total. The lowest BCUT2D eigenvalue weighted by molar-refractivity contribution is 0.482. The fourth-order valence-corrected chi connectivity index (χ4v) is 5.52. The van der Waals surface area contributed by atoms with E-state index in [0.717, 1.165) is 34.1 Å². The molecule has 0 atom stereocenters. The summed E-state index contributed by atoms with van der Waals surface area (Å²) in [5, 5.41) is 4.96. The Balaban J connectivity index is 1.30. The maximum atomic E-state index is 6.14. The quantitative estimate of drug-likeness (QED) is 0.195. The van der Waals surface area contributed by atoms with Crippen LogP contribution in [0.3, 0.4) is 0 Å². The molecule has 2 heteroatoms. The fourth-order valence-electron chi connectivity index (χ4n) is 5.52. The maximum Gasteiger partial charge on any atom is 0.127 e. The van der Waals surface area contributed by atoms with Crippen LogP contribution in [0.15, 0.2) is 146 Å². The maximum absolute atomic E-state index is 6.14. The summed E-state index contributed by atoms with van der Waals surface area (Å²) in [6.45, 7) is 4.15. The molecular weight excluding hydrogens is 512 g/mol. The third-order valence-corrected chi connectivity index (χ3v) is 7.75. The van der Waals surface area contributed by atoms with Crippen LogP contribution < -0.4 is 9.47 Å². The van der Waals surface area contributed by atoms with E-state index in [9.17, 15) is 0 Å². The van der Waals surface area contributed by atoms with E-state index >= 15 is 0 Å². The second-order valence-corrected chi connectivity index (χ2v) is 10.7. The second kappa shape index (κ2) is 10.9. The van der Waals surface area contributed by atoms with Gasteiger partial charge >= 0.3 is 0 Å². The Labute approximate surface area is 246 Å². The molecular formula is C40H30O2. The number of hydrogen-bond donors (Lipinski definition) is 0. The van der Waals surface area contributed by atoms with Gasteiger partial charge in [-0.2, -0.15) is 0 Å². The lowest BCUT2D eigenvalue weighted by atomic mass is 9.88. The molecule has 0 fully saturated rings. The molecule has 0 saturated carbocycles. The predicted molar refractivity (Wildman–Crippen MR) is 175 cm³/mol. The van der Waals surface area contributed by atoms with E-state index in [1.165, 1.54) is 43.8 Å². The van der Waals surface area contributed by atoms with Crippen molar-refractivity contribution < 1.29 is 9.47 Å². The Hall–Kier alpha value is -5.34. The summed E-state index contributed by atoms with van der Waals surface area (Å²) < 4.78 is 12.3. The van der Waals surface area contributed by atoms with Gasteiger partial charge in [0.1, 0.15) is 23.0 Å². The van der Waals surface area contributed by atoms with E-state index in [-0.39, 0.29) is 0 Å². The van der Waals surface area contributed by atoms with Gasteiger partial charge in [0.15, 0.2) is 0 Å². The van der Waals surface area contributed by atoms with Crippen LogP contribution in [0.2, 0.25) is 0 Å². The highest BCUT2D eigenvalue weighted by Crippen LogP contribution is 2.41. The second-order valence-electron chi connectivity index (χ2n) is 10.7. The van der Waals surface area contributed by atoms with Crippen molar-refractivity contribution in [3.05, 3.63) is 157 Å². The molecule has 0 aliphatic heterocycles. The molecule has 0 unspecified atom stereocenters. The molecule has 0 amide bonds. The number of benzene rings is 7. The van der Waals surface area contributed by atoms with Gasteiger partial charge in [0.05, 0.1) is 0 Å². The minimum absolute atomic E-state index is 0.812. The molecule has 7 aromatic rings. The van der Waals surface area contributed by atoms with E-state index < -0.39 is 0 Å². The van der Waals surface area contributed by atoms with Crippen LogP contribution >= 0.6 is 0 Å². The SMILES string of the molecule is Cc1ccc(Oc2ccc(-c3ccc4c(ccc5ccccc54)c3-c3ccc(Oc4ccc(C)cc4)cc3)cc2)cc1. The Kier molecular flexibility index (Phi) is 6.65. The van der Waals surface area contributed by atoms with Crippen LogP contribution in [0.1, 0.15) is 11.1 Å². The van der Waals surface area contributed by atoms with Crippen molar-refractivity contribution in [1.29, 1.82) is 0 Å². The molecule has 7 aromatic carbocycles. The Morgan fingerprint density at radius 2 is 0.833 bits per heavy atom. The third-order valence-electron chi connectivity index (χ3n) is 7.75. The summed E-state index contributed by atoms with van der Waals surface area (Å²) in [6, 6.07) is 50.6. The van der Waals surface area contributed by atoms with Crippen LogP contribution in [0.25, 0.3) is 43.8 Å². The minimum atomic E-state index is 0.812. The summed E-state index contributed by atoms with van der Waals surface area (Å²) in [7, 11) is 0. The molecule has 0 aromatic heterocycles. The lowest BCUT2D eigenvalue weighted by Gasteiger charge is -2.16. The van der Waals surface area contributed by atoms with Crippen molar-refractivity contribution in [3.63, 3.8) is 0 Å². The zero-order valence-corrected chi connectivity index (χ0v) is 23.7. The van der Waals surface area contributed by atoms with Gasteiger partial charge in [-0.3, -0.25) is 0 Å². The molecule has 0 heterocycles. The minimum Gasteiger partial charge on any atom is -0.457 e. The first-order valence-corrected chi connectivity index (χ1v) is 14.3. The fraction of sp³-hybridized carbons (Fsp3) is 0.0500. The van der Waals surface area contributed by atoms with Gasteiger partial charge in [0.25, 0.3) is 0 Å². The van der Waals surface area contributed by atoms with Crippen LogP contribution in [0.5, 0.6) is 23.0 Å². The van der Waals surface area contributed by atoms with E-state index in [0.29, 0.717) is 0 Å². The van der Waals surface area contributed by atoms with Crippen molar-refractivity contribution in [3.8, 4) is 45.3 Å². The topological polar surface area (TPSA) is 18.5 Å². The summed E-state index contributed by atoms with van der Waals surface area (Å²) in [4.78, 5) is 0. The number of ether oxygens (including phenoxy) is 2. The van der Waals surface area contributed by atoms with Gasteiger partial charge in [-0.25, -0.2) is 0 Å². The molecule has 2 nitrogen and oxygen atoms in total. The molecule has 0 aliphatic carbocycles. The average Bonchev–Trinajstić information content (AvgIpc) is 3.03. The van der Waals surface area contributed by atoms with Crippen molar-refractivity contribution in [1.82, 2.24) is 0 Å². The van der Waals surface area contributed by atoms with Crippen LogP contribution in [-0.4, -0.2) is 0 Å². The zero-order valence-electron chi connectivity index (χ0n) is 23.7. The number of aryl methyl sites for hydroxylation is 2. The molecule has 7 rings (SSSR count). The average molecular weight is 543 g/mol. The van der Waals surface area contributed by atoms with Gasteiger partial charge < -0.3 is 9.47 Å². The zero-order chi connectivity index (χ0) is 28.5.